The second kappa shape index (κ2) is 35.9. The van der Waals surface area contributed by atoms with Crippen molar-refractivity contribution in [3.63, 3.8) is 0 Å². The van der Waals surface area contributed by atoms with Crippen molar-refractivity contribution in [1.82, 2.24) is 34.4 Å². The fourth-order valence-electron chi connectivity index (χ4n) is 18.7. The predicted octanol–water partition coefficient (Wildman–Crippen LogP) is 17.4. The van der Waals surface area contributed by atoms with E-state index in [2.05, 4.69) is 144 Å². The van der Waals surface area contributed by atoms with Crippen LogP contribution in [0.5, 0.6) is 92.0 Å². The Balaban J connectivity index is 0.000000174. The number of rotatable bonds is 20. The molecule has 10 aliphatic heterocycles. The van der Waals surface area contributed by atoms with Gasteiger partial charge < -0.3 is 56.8 Å². The van der Waals surface area contributed by atoms with Crippen molar-refractivity contribution in [3.05, 3.63) is 253 Å². The molecule has 23 heteroatoms. The standard InChI is InChI=1S/C52H57N3O8.C47H48N4O8/c1-53-24-21-35-30-44(58-3)46-32-40(35)41(53)27-33-15-18-37(19-16-33)62-45-29-34(28-42-48-36(22-25-54(42)2)31-47(59-4)49(60-5)50(48)63-46)17-20-43(45)61-26-12-8-6-7-11-23-55-51(56)38-13-9-10-14-39(38)52(55)57;1-49-18-14-30-24-39(54-3)41-26-34(30)36(49)21-28-7-10-32(11-8-28)58-40-23-29(22-37-43-31(15-19-50(37)2)25-42(55-4)44(56-5)45(43)59-41)9-12-38(40)57-20-6-17-51-46(52)33-13-16-48-27-35(33)47(51)53/h9-10,13-20,29-32,41-42H,6-8,11-12,21-28H2,1-5H3;7-13,16,23-27,36-37H,6,14-15,17-22H2,1-5H3/t41-,42+;36-,37+/m00/s1. The lowest BCUT2D eigenvalue weighted by Gasteiger charge is -2.37. The predicted molar refractivity (Wildman–Crippen MR) is 462 cm³/mol. The van der Waals surface area contributed by atoms with Crippen molar-refractivity contribution < 1.29 is 76.0 Å². The number of ether oxygens (including phenoxy) is 12. The van der Waals surface area contributed by atoms with Crippen molar-refractivity contribution in [2.24, 2.45) is 0 Å². The fraction of sp³-hybridized carbons (Fsp3) is 0.364. The number of unbranched alkanes of at least 4 members (excludes halogenated alkanes) is 4. The second-order valence-electron chi connectivity index (χ2n) is 32.8. The number of carbonyl (C=O) groups is 4. The Kier molecular flexibility index (Phi) is 24.2. The van der Waals surface area contributed by atoms with Crippen molar-refractivity contribution in [1.29, 1.82) is 0 Å². The number of carbonyl (C=O) groups excluding carboxylic acids is 4. The highest BCUT2D eigenvalue weighted by Crippen LogP contribution is 2.55. The van der Waals surface area contributed by atoms with Gasteiger partial charge in [0.1, 0.15) is 11.5 Å². The minimum absolute atomic E-state index is 0.0547. The van der Waals surface area contributed by atoms with E-state index in [4.69, 9.17) is 56.8 Å². The molecule has 11 heterocycles. The Hall–Kier alpha value is -12.2. The summed E-state index contributed by atoms with van der Waals surface area (Å²) in [6, 6.07) is 50.5. The van der Waals surface area contributed by atoms with E-state index >= 15 is 0 Å². The van der Waals surface area contributed by atoms with E-state index in [1.807, 2.05) is 30.3 Å². The first kappa shape index (κ1) is 82.2. The summed E-state index contributed by atoms with van der Waals surface area (Å²) >= 11 is 0. The molecule has 23 nitrogen and oxygen atoms in total. The molecule has 0 N–H and O–H groups in total. The van der Waals surface area contributed by atoms with E-state index in [1.54, 1.807) is 73.0 Å². The average Bonchev–Trinajstić information content (AvgIpc) is 1.05. The number of amides is 4. The zero-order valence-electron chi connectivity index (χ0n) is 71.1. The molecule has 0 aliphatic carbocycles. The van der Waals surface area contributed by atoms with E-state index in [0.29, 0.717) is 141 Å². The molecule has 0 saturated carbocycles. The molecule has 0 fully saturated rings. The maximum Gasteiger partial charge on any atom is 0.263 e. The van der Waals surface area contributed by atoms with Gasteiger partial charge in [0.2, 0.25) is 11.5 Å². The van der Waals surface area contributed by atoms with Crippen LogP contribution in [0.3, 0.4) is 0 Å². The lowest BCUT2D eigenvalue weighted by Crippen LogP contribution is -2.34. The van der Waals surface area contributed by atoms with Crippen LogP contribution in [0.25, 0.3) is 0 Å². The first-order chi connectivity index (χ1) is 59.5. The molecule has 4 atom stereocenters. The van der Waals surface area contributed by atoms with Crippen LogP contribution in [0.15, 0.2) is 164 Å². The van der Waals surface area contributed by atoms with Crippen molar-refractivity contribution in [2.75, 3.05) is 123 Å². The number of fused-ring (bicyclic) bond motifs is 6. The summed E-state index contributed by atoms with van der Waals surface area (Å²) in [6.45, 7) is 5.02. The Morgan fingerprint density at radius 1 is 0.352 bits per heavy atom. The monoisotopic (exact) mass is 1650 g/mol. The number of hydrogen-bond donors (Lipinski definition) is 0. The summed E-state index contributed by atoms with van der Waals surface area (Å²) in [5, 5.41) is 0. The SMILES string of the molecule is COc1cc2c3cc1Oc1c(OC)c(OC)cc4c1[C@@H](Cc1ccc(OCCCCCCCN5C(=O)c6ccccc6C5=O)c(c1)Oc1ccc(cc1)C[C@@H]3N(C)CC2)N(C)CC4.COc1cc2c3cc1Oc1c(OC)c(OC)cc4c1[C@@H](Cc1ccc(OCCCN5C(=O)c6ccncc6C5=O)c(c1)Oc1ccc(cc1)C[C@@H]3N(C)CC2)N(C)CC4. The maximum absolute atomic E-state index is 12.9. The Morgan fingerprint density at radius 3 is 1.18 bits per heavy atom. The summed E-state index contributed by atoms with van der Waals surface area (Å²) < 4.78 is 76.5. The van der Waals surface area contributed by atoms with Gasteiger partial charge in [-0.3, -0.25) is 53.6 Å². The lowest BCUT2D eigenvalue weighted by molar-refractivity contribution is 0.0633. The number of nitrogens with zero attached hydrogens (tertiary/aromatic N) is 7. The maximum atomic E-state index is 12.9. The molecular weight excluding hydrogens is 1540 g/mol. The molecule has 12 bridgehead atoms. The summed E-state index contributed by atoms with van der Waals surface area (Å²) in [4.78, 5) is 67.6. The molecule has 4 amide bonds. The van der Waals surface area contributed by atoms with Crippen molar-refractivity contribution in [2.45, 2.75) is 114 Å². The van der Waals surface area contributed by atoms with Gasteiger partial charge in [-0.05, 0) is 258 Å². The summed E-state index contributed by atoms with van der Waals surface area (Å²) in [7, 11) is 18.7. The second-order valence-corrected chi connectivity index (χ2v) is 32.8. The van der Waals surface area contributed by atoms with Gasteiger partial charge in [-0.1, -0.05) is 67.8 Å². The minimum Gasteiger partial charge on any atom is -0.493 e. The largest absolute Gasteiger partial charge is 0.493 e. The van der Waals surface area contributed by atoms with Crippen LogP contribution in [0.1, 0.15) is 171 Å². The van der Waals surface area contributed by atoms with Gasteiger partial charge in [0.15, 0.2) is 69.0 Å². The lowest BCUT2D eigenvalue weighted by atomic mass is 9.87. The van der Waals surface area contributed by atoms with Crippen LogP contribution in [-0.4, -0.2) is 181 Å². The topological polar surface area (TPSA) is 211 Å². The number of methoxy groups -OCH3 is 6. The van der Waals surface area contributed by atoms with Crippen LogP contribution >= 0.6 is 0 Å². The normalized spacial score (nSPS) is 18.3. The Bertz CT molecular complexity index is 5550. The summed E-state index contributed by atoms with van der Waals surface area (Å²) in [5.41, 5.74) is 15.6. The zero-order chi connectivity index (χ0) is 84.4. The van der Waals surface area contributed by atoms with E-state index in [9.17, 15) is 19.2 Å². The number of hydrogen-bond acceptors (Lipinski definition) is 21. The molecule has 20 rings (SSSR count). The first-order valence-electron chi connectivity index (χ1n) is 42.4. The van der Waals surface area contributed by atoms with Crippen LogP contribution < -0.4 is 56.8 Å². The Labute approximate surface area is 712 Å². The molecule has 1 aromatic heterocycles. The van der Waals surface area contributed by atoms with E-state index in [-0.39, 0.29) is 60.9 Å². The third-order valence-corrected chi connectivity index (χ3v) is 25.5. The molecule has 0 saturated heterocycles. The summed E-state index contributed by atoms with van der Waals surface area (Å²) in [6.07, 6.45) is 14.3. The third kappa shape index (κ3) is 16.4. The third-order valence-electron chi connectivity index (χ3n) is 25.5. The molecule has 0 spiro atoms. The number of aromatic nitrogens is 1. The van der Waals surface area contributed by atoms with Gasteiger partial charge in [-0.25, -0.2) is 0 Å². The molecule has 10 aliphatic rings. The molecule has 0 radical (unpaired) electrons. The van der Waals surface area contributed by atoms with Gasteiger partial charge in [-0.15, -0.1) is 0 Å². The number of pyridine rings is 1. The van der Waals surface area contributed by atoms with Crippen LogP contribution in [0.4, 0.5) is 0 Å². The fourth-order valence-corrected chi connectivity index (χ4v) is 18.7. The van der Waals surface area contributed by atoms with Gasteiger partial charge in [-0.2, -0.15) is 0 Å². The smallest absolute Gasteiger partial charge is 0.263 e. The van der Waals surface area contributed by atoms with Crippen molar-refractivity contribution >= 4 is 23.6 Å². The first-order valence-corrected chi connectivity index (χ1v) is 42.4. The minimum atomic E-state index is -0.331. The molecule has 0 unspecified atom stereocenters. The quantitative estimate of drug-likeness (QED) is 0.0513. The highest BCUT2D eigenvalue weighted by molar-refractivity contribution is 6.22. The van der Waals surface area contributed by atoms with Gasteiger partial charge in [0.25, 0.3) is 23.6 Å². The van der Waals surface area contributed by atoms with E-state index in [1.165, 1.54) is 55.6 Å². The molecular formula is C99H105N7O16. The van der Waals surface area contributed by atoms with Crippen LogP contribution in [0.2, 0.25) is 0 Å². The van der Waals surface area contributed by atoms with E-state index < -0.39 is 0 Å². The van der Waals surface area contributed by atoms with Gasteiger partial charge in [0, 0.05) is 87.0 Å². The van der Waals surface area contributed by atoms with Gasteiger partial charge >= 0.3 is 0 Å². The highest BCUT2D eigenvalue weighted by atomic mass is 16.6. The van der Waals surface area contributed by atoms with Gasteiger partial charge in [0.05, 0.1) is 78.1 Å². The van der Waals surface area contributed by atoms with Crippen LogP contribution in [-0.2, 0) is 51.4 Å². The highest BCUT2D eigenvalue weighted by Gasteiger charge is 2.41. The zero-order valence-corrected chi connectivity index (χ0v) is 71.1. The Morgan fingerprint density at radius 2 is 0.730 bits per heavy atom. The number of imide groups is 2. The van der Waals surface area contributed by atoms with Crippen molar-refractivity contribution in [3.8, 4) is 92.0 Å². The van der Waals surface area contributed by atoms with Crippen LogP contribution in [0, 0.1) is 0 Å². The molecule has 632 valence electrons. The number of likely N-dealkylation sites (N-methyl/N-ethyl adjacent to an activating group) is 4. The molecule has 9 aromatic carbocycles. The number of benzene rings is 9. The van der Waals surface area contributed by atoms with E-state index in [0.717, 1.165) is 136 Å². The molecule has 122 heavy (non-hydrogen) atoms. The average molecular weight is 1650 g/mol. The summed E-state index contributed by atoms with van der Waals surface area (Å²) in [5.74, 6) is 9.11. The molecule has 10 aromatic rings.